The van der Waals surface area contributed by atoms with Crippen LogP contribution in [0.25, 0.3) is 23.1 Å². The molecule has 0 aliphatic rings. The minimum absolute atomic E-state index is 0.00714. The number of pyridine rings is 1. The van der Waals surface area contributed by atoms with Crippen molar-refractivity contribution < 1.29 is 4.79 Å². The molecule has 1 aromatic heterocycles. The number of nitrogens with two attached hydrogens (primary N) is 2. The first kappa shape index (κ1) is 15.9. The summed E-state index contributed by atoms with van der Waals surface area (Å²) in [5.74, 6) is 0.00714. The number of carbonyl (C=O) groups excluding carboxylic acids is 1. The number of benzene rings is 2. The van der Waals surface area contributed by atoms with Gasteiger partial charge in [0.15, 0.2) is 5.78 Å². The fraction of sp³-hybridized carbons (Fsp3) is 0.100. The summed E-state index contributed by atoms with van der Waals surface area (Å²) in [5, 5.41) is 0.947. The number of nitrogens with zero attached hydrogens (tertiary/aromatic N) is 1. The first-order valence-corrected chi connectivity index (χ1v) is 7.84. The van der Waals surface area contributed by atoms with Crippen LogP contribution in [0, 0.1) is 0 Å². The van der Waals surface area contributed by atoms with E-state index >= 15 is 0 Å². The Morgan fingerprint density at radius 1 is 1.04 bits per heavy atom. The Labute approximate surface area is 140 Å². The van der Waals surface area contributed by atoms with Crippen molar-refractivity contribution >= 4 is 34.5 Å². The van der Waals surface area contributed by atoms with Crippen molar-refractivity contribution in [3.8, 4) is 0 Å². The van der Waals surface area contributed by atoms with E-state index in [9.17, 15) is 4.79 Å². The van der Waals surface area contributed by atoms with Crippen LogP contribution in [0.5, 0.6) is 0 Å². The molecular weight excluding hydrogens is 298 g/mol. The highest BCUT2D eigenvalue weighted by atomic mass is 16.1. The lowest BCUT2D eigenvalue weighted by molar-refractivity contribution is 0.0985. The van der Waals surface area contributed by atoms with E-state index in [1.807, 2.05) is 66.7 Å². The molecule has 4 heteroatoms. The van der Waals surface area contributed by atoms with Crippen LogP contribution in [0.15, 0.2) is 54.6 Å². The van der Waals surface area contributed by atoms with Gasteiger partial charge in [-0.1, -0.05) is 36.4 Å². The summed E-state index contributed by atoms with van der Waals surface area (Å²) >= 11 is 0. The van der Waals surface area contributed by atoms with Crippen LogP contribution in [0.3, 0.4) is 0 Å². The molecule has 0 amide bonds. The molecule has 0 saturated heterocycles. The largest absolute Gasteiger partial charge is 0.399 e. The number of fused-ring (bicyclic) bond motifs is 1. The first-order valence-electron chi connectivity index (χ1n) is 7.84. The molecule has 1 heterocycles. The van der Waals surface area contributed by atoms with Crippen LogP contribution in [0.4, 0.5) is 5.69 Å². The van der Waals surface area contributed by atoms with E-state index in [0.29, 0.717) is 24.2 Å². The molecule has 0 fully saturated rings. The van der Waals surface area contributed by atoms with Crippen LogP contribution >= 0.6 is 0 Å². The lowest BCUT2D eigenvalue weighted by atomic mass is 10.0. The topological polar surface area (TPSA) is 82.0 Å². The third-order valence-corrected chi connectivity index (χ3v) is 3.80. The summed E-state index contributed by atoms with van der Waals surface area (Å²) in [6, 6.07) is 17.2. The maximum atomic E-state index is 12.4. The predicted octanol–water partition coefficient (Wildman–Crippen LogP) is 3.52. The minimum atomic E-state index is 0.00714. The second-order valence-electron chi connectivity index (χ2n) is 5.58. The SMILES string of the molecule is NCCC(=O)c1cc2ccccc2nc1C=Cc1ccc(N)cc1. The van der Waals surface area contributed by atoms with Crippen LogP contribution in [0.1, 0.15) is 28.0 Å². The molecule has 0 bridgehead atoms. The minimum Gasteiger partial charge on any atom is -0.399 e. The first-order chi connectivity index (χ1) is 11.7. The van der Waals surface area contributed by atoms with Crippen LogP contribution in [-0.2, 0) is 0 Å². The van der Waals surface area contributed by atoms with Crippen molar-refractivity contribution in [1.82, 2.24) is 4.98 Å². The quantitative estimate of drug-likeness (QED) is 0.557. The monoisotopic (exact) mass is 317 g/mol. The summed E-state index contributed by atoms with van der Waals surface area (Å²) in [4.78, 5) is 17.0. The average Bonchev–Trinajstić information content (AvgIpc) is 2.60. The van der Waals surface area contributed by atoms with Crippen molar-refractivity contribution in [2.45, 2.75) is 6.42 Å². The molecule has 0 aliphatic carbocycles. The molecular formula is C20H19N3O. The average molecular weight is 317 g/mol. The van der Waals surface area contributed by atoms with Gasteiger partial charge in [-0.25, -0.2) is 4.98 Å². The number of carbonyl (C=O) groups is 1. The molecule has 3 rings (SSSR count). The summed E-state index contributed by atoms with van der Waals surface area (Å²) in [7, 11) is 0. The van der Waals surface area contributed by atoms with E-state index in [1.165, 1.54) is 0 Å². The Bertz CT molecular complexity index is 898. The molecule has 2 aromatic carbocycles. The van der Waals surface area contributed by atoms with Crippen molar-refractivity contribution in [3.05, 3.63) is 71.4 Å². The highest BCUT2D eigenvalue weighted by Crippen LogP contribution is 2.20. The standard InChI is InChI=1S/C20H19N3O/c21-12-11-20(24)17-13-15-3-1-2-4-18(15)23-19(17)10-7-14-5-8-16(22)9-6-14/h1-10,13H,11-12,21-22H2. The van der Waals surface area contributed by atoms with E-state index in [2.05, 4.69) is 4.98 Å². The smallest absolute Gasteiger partial charge is 0.166 e. The Kier molecular flexibility index (Phi) is 4.68. The van der Waals surface area contributed by atoms with Crippen molar-refractivity contribution in [2.24, 2.45) is 5.73 Å². The lowest BCUT2D eigenvalue weighted by Gasteiger charge is -2.07. The molecule has 0 saturated carbocycles. The van der Waals surface area contributed by atoms with Crippen LogP contribution < -0.4 is 11.5 Å². The number of hydrogen-bond donors (Lipinski definition) is 2. The van der Waals surface area contributed by atoms with Crippen molar-refractivity contribution in [3.63, 3.8) is 0 Å². The number of aromatic nitrogens is 1. The summed E-state index contributed by atoms with van der Waals surface area (Å²) < 4.78 is 0. The Morgan fingerprint density at radius 3 is 2.54 bits per heavy atom. The van der Waals surface area contributed by atoms with E-state index in [-0.39, 0.29) is 5.78 Å². The highest BCUT2D eigenvalue weighted by molar-refractivity contribution is 6.02. The fourth-order valence-corrected chi connectivity index (χ4v) is 2.53. The molecule has 0 spiro atoms. The summed E-state index contributed by atoms with van der Waals surface area (Å²) in [6.45, 7) is 0.326. The number of ketones is 1. The van der Waals surface area contributed by atoms with Gasteiger partial charge in [-0.3, -0.25) is 4.79 Å². The van der Waals surface area contributed by atoms with Gasteiger partial charge < -0.3 is 11.5 Å². The maximum absolute atomic E-state index is 12.4. The third-order valence-electron chi connectivity index (χ3n) is 3.80. The van der Waals surface area contributed by atoms with Gasteiger partial charge in [0.1, 0.15) is 0 Å². The molecule has 0 atom stereocenters. The van der Waals surface area contributed by atoms with E-state index in [4.69, 9.17) is 11.5 Å². The number of rotatable bonds is 5. The van der Waals surface area contributed by atoms with Gasteiger partial charge in [0, 0.05) is 23.1 Å². The molecule has 120 valence electrons. The number of hydrogen-bond acceptors (Lipinski definition) is 4. The zero-order valence-electron chi connectivity index (χ0n) is 13.3. The molecule has 4 N–H and O–H groups in total. The molecule has 3 aromatic rings. The predicted molar refractivity (Wildman–Crippen MR) is 99.5 cm³/mol. The number of Topliss-reactive ketones (excluding diaryl/α,β-unsaturated/α-hetero) is 1. The molecule has 4 nitrogen and oxygen atoms in total. The van der Waals surface area contributed by atoms with Gasteiger partial charge in [-0.15, -0.1) is 0 Å². The van der Waals surface area contributed by atoms with Crippen LogP contribution in [0.2, 0.25) is 0 Å². The zero-order valence-corrected chi connectivity index (χ0v) is 13.3. The van der Waals surface area contributed by atoms with Gasteiger partial charge >= 0.3 is 0 Å². The number of anilines is 1. The summed E-state index contributed by atoms with van der Waals surface area (Å²) in [6.07, 6.45) is 4.10. The van der Waals surface area contributed by atoms with E-state index in [1.54, 1.807) is 0 Å². The summed E-state index contributed by atoms with van der Waals surface area (Å²) in [5.41, 5.74) is 15.1. The van der Waals surface area contributed by atoms with Gasteiger partial charge in [-0.2, -0.15) is 0 Å². The molecule has 0 radical (unpaired) electrons. The second kappa shape index (κ2) is 7.06. The van der Waals surface area contributed by atoms with Gasteiger partial charge in [0.05, 0.1) is 11.2 Å². The second-order valence-corrected chi connectivity index (χ2v) is 5.58. The zero-order chi connectivity index (χ0) is 16.9. The van der Waals surface area contributed by atoms with Crippen molar-refractivity contribution in [2.75, 3.05) is 12.3 Å². The van der Waals surface area contributed by atoms with Gasteiger partial charge in [0.2, 0.25) is 0 Å². The van der Waals surface area contributed by atoms with Crippen molar-refractivity contribution in [1.29, 1.82) is 0 Å². The third kappa shape index (κ3) is 3.50. The Balaban J connectivity index is 2.04. The molecule has 24 heavy (non-hydrogen) atoms. The normalized spacial score (nSPS) is 11.2. The van der Waals surface area contributed by atoms with E-state index < -0.39 is 0 Å². The lowest BCUT2D eigenvalue weighted by Crippen LogP contribution is -2.10. The number of para-hydroxylation sites is 1. The molecule has 0 unspecified atom stereocenters. The van der Waals surface area contributed by atoms with Gasteiger partial charge in [-0.05, 0) is 42.4 Å². The van der Waals surface area contributed by atoms with Gasteiger partial charge in [0.25, 0.3) is 0 Å². The highest BCUT2D eigenvalue weighted by Gasteiger charge is 2.12. The Morgan fingerprint density at radius 2 is 1.79 bits per heavy atom. The maximum Gasteiger partial charge on any atom is 0.166 e. The Hall–Kier alpha value is -2.98. The molecule has 0 aliphatic heterocycles. The van der Waals surface area contributed by atoms with Crippen LogP contribution in [-0.4, -0.2) is 17.3 Å². The van der Waals surface area contributed by atoms with E-state index in [0.717, 1.165) is 22.2 Å². The fourth-order valence-electron chi connectivity index (χ4n) is 2.53. The number of nitrogen functional groups attached to an aromatic ring is 1.